The average molecular weight is 382 g/mol. The fourth-order valence-electron chi connectivity index (χ4n) is 2.35. The van der Waals surface area contributed by atoms with Crippen molar-refractivity contribution in [3.63, 3.8) is 0 Å². The molecule has 0 aliphatic heterocycles. The summed E-state index contributed by atoms with van der Waals surface area (Å²) in [6.45, 7) is 0.267. The molecule has 0 fully saturated rings. The number of rotatable bonds is 6. The first-order valence-corrected chi connectivity index (χ1v) is 9.55. The number of para-hydroxylation sites is 1. The molecule has 26 heavy (non-hydrogen) atoms. The van der Waals surface area contributed by atoms with Gasteiger partial charge in [0.2, 0.25) is 0 Å². The van der Waals surface area contributed by atoms with Gasteiger partial charge in [0.1, 0.15) is 11.6 Å². The molecule has 8 heteroatoms. The Balaban J connectivity index is 1.29. The van der Waals surface area contributed by atoms with Crippen LogP contribution in [0.4, 0.5) is 5.13 Å². The van der Waals surface area contributed by atoms with E-state index in [1.807, 2.05) is 41.8 Å². The van der Waals surface area contributed by atoms with Gasteiger partial charge in [0.25, 0.3) is 5.91 Å². The van der Waals surface area contributed by atoms with Crippen LogP contribution in [-0.4, -0.2) is 27.5 Å². The normalized spacial score (nSPS) is 10.9. The van der Waals surface area contributed by atoms with E-state index in [-0.39, 0.29) is 12.5 Å². The topological polar surface area (TPSA) is 77.0 Å². The van der Waals surface area contributed by atoms with Gasteiger partial charge in [0.15, 0.2) is 5.13 Å². The smallest absolute Gasteiger partial charge is 0.252 e. The van der Waals surface area contributed by atoms with Crippen LogP contribution in [-0.2, 0) is 16.1 Å². The maximum absolute atomic E-state index is 12.0. The Labute approximate surface area is 157 Å². The van der Waals surface area contributed by atoms with Gasteiger partial charge in [-0.05, 0) is 24.3 Å². The van der Waals surface area contributed by atoms with Crippen LogP contribution >= 0.6 is 22.7 Å². The van der Waals surface area contributed by atoms with E-state index < -0.39 is 0 Å². The molecule has 0 unspecified atom stereocenters. The highest BCUT2D eigenvalue weighted by Crippen LogP contribution is 2.24. The van der Waals surface area contributed by atoms with E-state index in [1.165, 1.54) is 11.3 Å². The molecular weight excluding hydrogens is 368 g/mol. The van der Waals surface area contributed by atoms with Crippen molar-refractivity contribution >= 4 is 43.9 Å². The molecule has 0 saturated heterocycles. The number of pyridine rings is 1. The molecule has 1 N–H and O–H groups in total. The molecule has 0 atom stereocenters. The van der Waals surface area contributed by atoms with Crippen molar-refractivity contribution in [3.8, 4) is 11.3 Å². The number of benzene rings is 1. The number of carbonyl (C=O) groups is 1. The van der Waals surface area contributed by atoms with Crippen LogP contribution in [0.5, 0.6) is 0 Å². The lowest BCUT2D eigenvalue weighted by Crippen LogP contribution is -2.18. The molecule has 1 amide bonds. The molecular formula is C18H14N4O2S2. The minimum absolute atomic E-state index is 0.0439. The van der Waals surface area contributed by atoms with Crippen LogP contribution in [0, 0.1) is 0 Å². The predicted molar refractivity (Wildman–Crippen MR) is 103 cm³/mol. The summed E-state index contributed by atoms with van der Waals surface area (Å²) in [6.07, 6.45) is 3.45. The number of hydrogen-bond donors (Lipinski definition) is 1. The zero-order valence-electron chi connectivity index (χ0n) is 13.6. The van der Waals surface area contributed by atoms with Crippen molar-refractivity contribution in [2.24, 2.45) is 0 Å². The summed E-state index contributed by atoms with van der Waals surface area (Å²) in [5.74, 6) is -0.238. The summed E-state index contributed by atoms with van der Waals surface area (Å²) < 4.78 is 6.59. The van der Waals surface area contributed by atoms with Crippen molar-refractivity contribution in [3.05, 3.63) is 59.2 Å². The third-order valence-corrected chi connectivity index (χ3v) is 5.27. The number of hydrogen-bond acceptors (Lipinski definition) is 7. The van der Waals surface area contributed by atoms with Crippen LogP contribution in [0.25, 0.3) is 21.5 Å². The zero-order valence-corrected chi connectivity index (χ0v) is 15.2. The van der Waals surface area contributed by atoms with Crippen molar-refractivity contribution in [2.75, 3.05) is 11.9 Å². The highest BCUT2D eigenvalue weighted by molar-refractivity contribution is 7.18. The van der Waals surface area contributed by atoms with Crippen LogP contribution in [0.3, 0.4) is 0 Å². The van der Waals surface area contributed by atoms with E-state index >= 15 is 0 Å². The molecule has 1 aromatic carbocycles. The van der Waals surface area contributed by atoms with Crippen LogP contribution in [0.1, 0.15) is 5.01 Å². The summed E-state index contributed by atoms with van der Waals surface area (Å²) in [6, 6.07) is 11.7. The van der Waals surface area contributed by atoms with Crippen molar-refractivity contribution in [1.82, 2.24) is 15.0 Å². The molecule has 0 saturated carbocycles. The van der Waals surface area contributed by atoms with Gasteiger partial charge >= 0.3 is 0 Å². The predicted octanol–water partition coefficient (Wildman–Crippen LogP) is 3.97. The molecule has 0 aliphatic rings. The Kier molecular flexibility index (Phi) is 4.96. The lowest BCUT2D eigenvalue weighted by atomic mass is 10.2. The average Bonchev–Trinajstić information content (AvgIpc) is 3.29. The Hall–Kier alpha value is -2.68. The second-order valence-electron chi connectivity index (χ2n) is 5.40. The van der Waals surface area contributed by atoms with E-state index in [0.717, 1.165) is 26.5 Å². The number of nitrogens with zero attached hydrogens (tertiary/aromatic N) is 3. The lowest BCUT2D eigenvalue weighted by molar-refractivity contribution is -0.121. The molecule has 3 aromatic heterocycles. The monoisotopic (exact) mass is 382 g/mol. The third kappa shape index (κ3) is 3.93. The molecule has 0 radical (unpaired) electrons. The first-order valence-electron chi connectivity index (χ1n) is 7.86. The highest BCUT2D eigenvalue weighted by Gasteiger charge is 2.09. The minimum atomic E-state index is -0.238. The van der Waals surface area contributed by atoms with E-state index in [0.29, 0.717) is 11.7 Å². The van der Waals surface area contributed by atoms with E-state index in [4.69, 9.17) is 4.74 Å². The first-order chi connectivity index (χ1) is 12.8. The number of nitrogens with one attached hydrogen (secondary N) is 1. The van der Waals surface area contributed by atoms with Crippen LogP contribution < -0.4 is 5.32 Å². The Morgan fingerprint density at radius 2 is 2.08 bits per heavy atom. The SMILES string of the molecule is O=C(COCc1nc2ccccc2s1)Nc1nc(-c2cccnc2)cs1. The van der Waals surface area contributed by atoms with E-state index in [2.05, 4.69) is 20.3 Å². The number of amides is 1. The molecule has 130 valence electrons. The van der Waals surface area contributed by atoms with Crippen molar-refractivity contribution in [2.45, 2.75) is 6.61 Å². The number of ether oxygens (including phenoxy) is 1. The Morgan fingerprint density at radius 1 is 1.15 bits per heavy atom. The van der Waals surface area contributed by atoms with Gasteiger partial charge in [0.05, 0.1) is 22.5 Å². The minimum Gasteiger partial charge on any atom is -0.364 e. The zero-order chi connectivity index (χ0) is 17.8. The largest absolute Gasteiger partial charge is 0.364 e. The van der Waals surface area contributed by atoms with Gasteiger partial charge in [-0.15, -0.1) is 22.7 Å². The van der Waals surface area contributed by atoms with Crippen molar-refractivity contribution in [1.29, 1.82) is 0 Å². The van der Waals surface area contributed by atoms with Gasteiger partial charge in [0, 0.05) is 23.3 Å². The van der Waals surface area contributed by atoms with Crippen molar-refractivity contribution < 1.29 is 9.53 Å². The maximum atomic E-state index is 12.0. The Bertz CT molecular complexity index is 997. The second-order valence-corrected chi connectivity index (χ2v) is 7.37. The molecule has 4 rings (SSSR count). The molecule has 6 nitrogen and oxygen atoms in total. The van der Waals surface area contributed by atoms with Crippen LogP contribution in [0.2, 0.25) is 0 Å². The summed E-state index contributed by atoms with van der Waals surface area (Å²) >= 11 is 2.94. The highest BCUT2D eigenvalue weighted by atomic mass is 32.1. The lowest BCUT2D eigenvalue weighted by Gasteiger charge is -2.02. The quantitative estimate of drug-likeness (QED) is 0.546. The summed E-state index contributed by atoms with van der Waals surface area (Å²) in [7, 11) is 0. The summed E-state index contributed by atoms with van der Waals surface area (Å²) in [5.41, 5.74) is 2.65. The van der Waals surface area contributed by atoms with Gasteiger partial charge < -0.3 is 4.74 Å². The molecule has 0 spiro atoms. The Morgan fingerprint density at radius 3 is 2.92 bits per heavy atom. The number of fused-ring (bicyclic) bond motifs is 1. The van der Waals surface area contributed by atoms with E-state index in [9.17, 15) is 4.79 Å². The van der Waals surface area contributed by atoms with Gasteiger partial charge in [-0.25, -0.2) is 9.97 Å². The number of thiazole rings is 2. The van der Waals surface area contributed by atoms with Gasteiger partial charge in [-0.3, -0.25) is 15.1 Å². The van der Waals surface area contributed by atoms with Gasteiger partial charge in [-0.1, -0.05) is 12.1 Å². The fourth-order valence-corrected chi connectivity index (χ4v) is 3.99. The van der Waals surface area contributed by atoms with Gasteiger partial charge in [-0.2, -0.15) is 0 Å². The summed E-state index contributed by atoms with van der Waals surface area (Å²) in [4.78, 5) is 25.0. The molecule has 3 heterocycles. The maximum Gasteiger partial charge on any atom is 0.252 e. The molecule has 0 bridgehead atoms. The molecule has 0 aliphatic carbocycles. The third-order valence-electron chi connectivity index (χ3n) is 3.50. The number of carbonyl (C=O) groups excluding carboxylic acids is 1. The number of anilines is 1. The summed E-state index contributed by atoms with van der Waals surface area (Å²) in [5, 5.41) is 6.03. The van der Waals surface area contributed by atoms with Crippen LogP contribution in [0.15, 0.2) is 54.2 Å². The fraction of sp³-hybridized carbons (Fsp3) is 0.111. The first kappa shape index (κ1) is 16.8. The standard InChI is InChI=1S/C18H14N4O2S2/c23-16(9-24-10-17-20-13-5-1-2-6-15(13)26-17)22-18-21-14(11-25-18)12-4-3-7-19-8-12/h1-8,11H,9-10H2,(H,21,22,23). The second kappa shape index (κ2) is 7.69. The number of aromatic nitrogens is 3. The molecule has 4 aromatic rings. The van der Waals surface area contributed by atoms with E-state index in [1.54, 1.807) is 23.7 Å².